The quantitative estimate of drug-likeness (QED) is 0.0347. The van der Waals surface area contributed by atoms with Crippen LogP contribution < -0.4 is 15.4 Å². The van der Waals surface area contributed by atoms with Gasteiger partial charge in [0.05, 0.1) is 39.4 Å². The zero-order valence-electron chi connectivity index (χ0n) is 39.2. The summed E-state index contributed by atoms with van der Waals surface area (Å²) in [6.45, 7) is 7.90. The Bertz CT molecular complexity index is 2170. The topological polar surface area (TPSA) is 141 Å². The Morgan fingerprint density at radius 2 is 1.52 bits per heavy atom. The van der Waals surface area contributed by atoms with E-state index in [1.165, 1.54) is 57.8 Å². The van der Waals surface area contributed by atoms with E-state index in [-0.39, 0.29) is 36.3 Å². The average molecular weight is 968 g/mol. The summed E-state index contributed by atoms with van der Waals surface area (Å²) in [5.41, 5.74) is 2.63. The second-order valence-electron chi connectivity index (χ2n) is 18.4. The van der Waals surface area contributed by atoms with E-state index in [1.54, 1.807) is 30.3 Å². The van der Waals surface area contributed by atoms with E-state index < -0.39 is 5.60 Å². The molecule has 14 heteroatoms. The lowest BCUT2D eigenvalue weighted by Gasteiger charge is -2.44. The third kappa shape index (κ3) is 14.8. The lowest BCUT2D eigenvalue weighted by atomic mass is 9.66. The Kier molecular flexibility index (Phi) is 20.3. The predicted octanol–water partition coefficient (Wildman–Crippen LogP) is 13.2. The van der Waals surface area contributed by atoms with Crippen LogP contribution in [-0.2, 0) is 21.7 Å². The minimum Gasteiger partial charge on any atom is -0.489 e. The number of amides is 2. The van der Waals surface area contributed by atoms with Crippen molar-refractivity contribution in [1.82, 2.24) is 25.6 Å². The van der Waals surface area contributed by atoms with E-state index in [9.17, 15) is 14.7 Å². The summed E-state index contributed by atoms with van der Waals surface area (Å²) in [4.78, 5) is 25.4. The third-order valence-electron chi connectivity index (χ3n) is 12.6. The zero-order valence-corrected chi connectivity index (χ0v) is 41.4. The first-order valence-corrected chi connectivity index (χ1v) is 25.6. The molecule has 0 bridgehead atoms. The number of hydrogen-bond donors (Lipinski definition) is 3. The molecule has 2 aromatic carbocycles. The lowest BCUT2D eigenvalue weighted by Crippen LogP contribution is -2.41. The third-order valence-corrected chi connectivity index (χ3v) is 13.6. The summed E-state index contributed by atoms with van der Waals surface area (Å²) in [5.74, 6) is 1.32. The molecular weight excluding hydrogens is 897 g/mol. The van der Waals surface area contributed by atoms with Gasteiger partial charge in [-0.05, 0) is 102 Å². The number of halogens is 3. The second-order valence-corrected chi connectivity index (χ2v) is 19.6. The van der Waals surface area contributed by atoms with Gasteiger partial charge in [0.2, 0.25) is 5.91 Å². The number of benzene rings is 2. The highest BCUT2D eigenvalue weighted by atomic mass is 35.5. The first-order valence-electron chi connectivity index (χ1n) is 24.4. The molecule has 11 nitrogen and oxygen atoms in total. The molecule has 2 aliphatic carbocycles. The first kappa shape index (κ1) is 51.5. The van der Waals surface area contributed by atoms with Crippen LogP contribution >= 0.6 is 34.8 Å². The van der Waals surface area contributed by atoms with Crippen LogP contribution in [0.2, 0.25) is 15.1 Å². The Hall–Kier alpha value is -3.87. The van der Waals surface area contributed by atoms with E-state index in [2.05, 4.69) is 40.0 Å². The molecule has 2 saturated carbocycles. The smallest absolute Gasteiger partial charge is 0.271 e. The molecule has 0 atom stereocenters. The fourth-order valence-corrected chi connectivity index (χ4v) is 9.65. The average Bonchev–Trinajstić information content (AvgIpc) is 3.89. The molecule has 6 rings (SSSR count). The fourth-order valence-electron chi connectivity index (χ4n) is 8.73. The number of carbonyl (C=O) groups excluding carboxylic acids is 2. The van der Waals surface area contributed by atoms with Crippen molar-refractivity contribution in [2.45, 2.75) is 166 Å². The van der Waals surface area contributed by atoms with Crippen LogP contribution in [0.15, 0.2) is 59.1 Å². The maximum atomic E-state index is 13.1. The van der Waals surface area contributed by atoms with Gasteiger partial charge in [-0.3, -0.25) is 14.3 Å². The predicted molar refractivity (Wildman–Crippen MR) is 264 cm³/mol. The van der Waals surface area contributed by atoms with E-state index >= 15 is 0 Å². The Labute approximate surface area is 406 Å². The minimum absolute atomic E-state index is 0.00555. The maximum Gasteiger partial charge on any atom is 0.271 e. The highest BCUT2D eigenvalue weighted by Gasteiger charge is 2.47. The molecule has 0 aliphatic heterocycles. The van der Waals surface area contributed by atoms with E-state index in [0.717, 1.165) is 55.5 Å². The highest BCUT2D eigenvalue weighted by Crippen LogP contribution is 2.53. The molecule has 0 unspecified atom stereocenters. The van der Waals surface area contributed by atoms with Crippen LogP contribution in [0.1, 0.15) is 187 Å². The van der Waals surface area contributed by atoms with Gasteiger partial charge in [0.25, 0.3) is 5.91 Å². The summed E-state index contributed by atoms with van der Waals surface area (Å²) >= 11 is 19.9. The fraction of sp³-hybridized carbons (Fsp3) is 0.577. The normalized spacial score (nSPS) is 17.1. The van der Waals surface area contributed by atoms with Crippen LogP contribution in [-0.4, -0.2) is 58.2 Å². The molecular formula is C52H70Cl3N5O6. The van der Waals surface area contributed by atoms with Gasteiger partial charge in [-0.15, -0.1) is 0 Å². The van der Waals surface area contributed by atoms with E-state index in [0.29, 0.717) is 88.9 Å². The molecule has 4 aromatic rings. The molecule has 66 heavy (non-hydrogen) atoms. The summed E-state index contributed by atoms with van der Waals surface area (Å²) < 4.78 is 19.6. The van der Waals surface area contributed by atoms with Gasteiger partial charge >= 0.3 is 0 Å². The van der Waals surface area contributed by atoms with Crippen LogP contribution in [0, 0.1) is 0 Å². The number of rotatable bonds is 30. The molecule has 2 aromatic heterocycles. The van der Waals surface area contributed by atoms with E-state index in [1.807, 2.05) is 30.7 Å². The SMILES string of the molecule is CCCCCCCC/C=C\CCCCCCCC(=O)NCCOCCNC(=O)c1cc([C@H]2C[C@@](O)(c3ccc(OCc4c(-c5c(Cl)cccc5Cl)noc4C4CC4)cc3Cl)C2)n(C(C)C)n1. The second kappa shape index (κ2) is 26.0. The van der Waals surface area contributed by atoms with Gasteiger partial charge in [0.15, 0.2) is 0 Å². The number of aliphatic hydroxyl groups is 1. The Morgan fingerprint density at radius 1 is 0.864 bits per heavy atom. The van der Waals surface area contributed by atoms with Crippen molar-refractivity contribution < 1.29 is 28.7 Å². The first-order chi connectivity index (χ1) is 32.0. The van der Waals surface area contributed by atoms with Crippen molar-refractivity contribution in [2.75, 3.05) is 26.3 Å². The molecule has 2 aliphatic rings. The standard InChI is InChI=1S/C52H70Cl3N5O6/c1-4-5-6-7-8-9-10-11-12-13-14-15-16-17-18-22-47(61)56-27-29-64-30-28-57-51(62)45-32-46(60(58-45)36(2)3)38-33-52(63,34-38)41-26-25-39(31-44(41)55)65-35-40-49(59-66-50(40)37-23-24-37)48-42(53)20-19-21-43(48)54/h11-12,19-21,25-26,31-32,36-38,63H,4-10,13-18,22-24,27-30,33-35H2,1-3H3,(H,56,61)(H,57,62)/b12-11-/t38-,52-. The molecule has 0 saturated heterocycles. The van der Waals surface area contributed by atoms with Crippen molar-refractivity contribution >= 4 is 46.6 Å². The van der Waals surface area contributed by atoms with Gasteiger partial charge in [-0.25, -0.2) is 0 Å². The number of unbranched alkanes of at least 4 members (excludes halogenated alkanes) is 11. The van der Waals surface area contributed by atoms with Crippen molar-refractivity contribution in [3.63, 3.8) is 0 Å². The number of nitrogens with one attached hydrogen (secondary N) is 2. The zero-order chi connectivity index (χ0) is 46.9. The summed E-state index contributed by atoms with van der Waals surface area (Å²) in [6, 6.07) is 12.5. The Balaban J connectivity index is 0.865. The van der Waals surface area contributed by atoms with Gasteiger partial charge in [-0.1, -0.05) is 123 Å². The van der Waals surface area contributed by atoms with Gasteiger partial charge in [0, 0.05) is 54.2 Å². The van der Waals surface area contributed by atoms with Crippen molar-refractivity contribution in [3.8, 4) is 17.0 Å². The van der Waals surface area contributed by atoms with Crippen molar-refractivity contribution in [3.05, 3.63) is 98.0 Å². The molecule has 0 spiro atoms. The summed E-state index contributed by atoms with van der Waals surface area (Å²) in [6.07, 6.45) is 24.1. The maximum absolute atomic E-state index is 13.1. The molecule has 2 amide bonds. The number of ether oxygens (including phenoxy) is 2. The number of hydrogen-bond acceptors (Lipinski definition) is 8. The monoisotopic (exact) mass is 965 g/mol. The number of aromatic nitrogens is 3. The van der Waals surface area contributed by atoms with Gasteiger partial charge in [0.1, 0.15) is 29.5 Å². The van der Waals surface area contributed by atoms with Crippen LogP contribution in [0.3, 0.4) is 0 Å². The molecule has 2 heterocycles. The molecule has 2 fully saturated rings. The summed E-state index contributed by atoms with van der Waals surface area (Å²) in [5, 5.41) is 27.9. The lowest BCUT2D eigenvalue weighted by molar-refractivity contribution is -0.121. The number of allylic oxidation sites excluding steroid dienone is 2. The Morgan fingerprint density at radius 3 is 2.17 bits per heavy atom. The van der Waals surface area contributed by atoms with Crippen LogP contribution in [0.4, 0.5) is 0 Å². The van der Waals surface area contributed by atoms with Crippen LogP contribution in [0.5, 0.6) is 5.75 Å². The highest BCUT2D eigenvalue weighted by molar-refractivity contribution is 6.39. The summed E-state index contributed by atoms with van der Waals surface area (Å²) in [7, 11) is 0. The van der Waals surface area contributed by atoms with E-state index in [4.69, 9.17) is 48.8 Å². The molecule has 3 N–H and O–H groups in total. The molecule has 360 valence electrons. The van der Waals surface area contributed by atoms with Gasteiger partial charge < -0.3 is 29.7 Å². The number of carbonyl (C=O) groups is 2. The van der Waals surface area contributed by atoms with Crippen molar-refractivity contribution in [2.24, 2.45) is 0 Å². The largest absolute Gasteiger partial charge is 0.489 e. The molecule has 0 radical (unpaired) electrons. The van der Waals surface area contributed by atoms with Crippen molar-refractivity contribution in [1.29, 1.82) is 0 Å². The van der Waals surface area contributed by atoms with Gasteiger partial charge in [-0.2, -0.15) is 5.10 Å². The van der Waals surface area contributed by atoms with Crippen LogP contribution in [0.25, 0.3) is 11.3 Å². The minimum atomic E-state index is -1.16. The number of nitrogens with zero attached hydrogens (tertiary/aromatic N) is 3.